The van der Waals surface area contributed by atoms with Gasteiger partial charge in [-0.15, -0.1) is 10.2 Å². The Kier molecular flexibility index (Phi) is 9.62. The van der Waals surface area contributed by atoms with Crippen LogP contribution in [0.4, 0.5) is 30.2 Å². The lowest BCUT2D eigenvalue weighted by Gasteiger charge is -2.42. The van der Waals surface area contributed by atoms with Crippen LogP contribution in [0.5, 0.6) is 0 Å². The molecule has 4 aromatic rings. The Hall–Kier alpha value is -5.28. The minimum absolute atomic E-state index is 0.0196. The first kappa shape index (κ1) is 36.7. The van der Waals surface area contributed by atoms with Crippen LogP contribution in [-0.4, -0.2) is 92.1 Å². The molecule has 3 fully saturated rings. The Bertz CT molecular complexity index is 2120. The number of nitrogens with zero attached hydrogens (tertiary/aromatic N) is 6. The quantitative estimate of drug-likeness (QED) is 0.149. The standard InChI is InChI=1S/C40H41F3N6O6/c1-46-24-44-45-36(46)16-39(22-54-23-39)27-4-3-5-29(13-27)49-19-34-33(37(49)51)14-30(15-35(34)40(41,42)43)48-17-31(18-48)55-21-25-8-10-47(11-9-25)28-6-7-32(38(52)53-2)26(12-28)20-50/h3-7,12-15,20,24-25,31H,8-11,16-19,21-23H2,1-2H3. The second kappa shape index (κ2) is 14.4. The molecule has 5 heterocycles. The van der Waals surface area contributed by atoms with Gasteiger partial charge in [-0.1, -0.05) is 12.1 Å². The first-order chi connectivity index (χ1) is 26.5. The number of methoxy groups -OCH3 is 1. The van der Waals surface area contributed by atoms with Crippen LogP contribution in [0.15, 0.2) is 60.9 Å². The molecule has 3 saturated heterocycles. The topological polar surface area (TPSA) is 119 Å². The van der Waals surface area contributed by atoms with Gasteiger partial charge in [-0.25, -0.2) is 4.79 Å². The van der Waals surface area contributed by atoms with E-state index in [0.29, 0.717) is 62.9 Å². The minimum Gasteiger partial charge on any atom is -0.465 e. The van der Waals surface area contributed by atoms with Crippen LogP contribution in [0.2, 0.25) is 0 Å². The van der Waals surface area contributed by atoms with Gasteiger partial charge in [-0.3, -0.25) is 9.59 Å². The van der Waals surface area contributed by atoms with E-state index in [0.717, 1.165) is 49.1 Å². The van der Waals surface area contributed by atoms with Crippen LogP contribution in [0, 0.1) is 5.92 Å². The third-order valence-electron chi connectivity index (χ3n) is 11.5. The van der Waals surface area contributed by atoms with Crippen molar-refractivity contribution in [3.05, 3.63) is 100 Å². The highest BCUT2D eigenvalue weighted by molar-refractivity contribution is 6.11. The lowest BCUT2D eigenvalue weighted by Crippen LogP contribution is -2.53. The summed E-state index contributed by atoms with van der Waals surface area (Å²) >= 11 is 0. The average Bonchev–Trinajstić information content (AvgIpc) is 3.72. The molecule has 0 unspecified atom stereocenters. The molecule has 1 amide bonds. The number of benzene rings is 3. The Morgan fingerprint density at radius 2 is 1.80 bits per heavy atom. The number of carbonyl (C=O) groups is 3. The van der Waals surface area contributed by atoms with Crippen molar-refractivity contribution >= 4 is 35.2 Å². The van der Waals surface area contributed by atoms with Gasteiger partial charge in [0.15, 0.2) is 6.29 Å². The number of aryl methyl sites for hydroxylation is 1. The number of esters is 1. The van der Waals surface area contributed by atoms with Gasteiger partial charge in [0.2, 0.25) is 0 Å². The molecule has 4 aliphatic rings. The van der Waals surface area contributed by atoms with Crippen LogP contribution in [0.1, 0.15) is 66.4 Å². The van der Waals surface area contributed by atoms with Crippen molar-refractivity contribution in [2.24, 2.45) is 13.0 Å². The fourth-order valence-electron chi connectivity index (χ4n) is 8.05. The van der Waals surface area contributed by atoms with Gasteiger partial charge >= 0.3 is 12.1 Å². The summed E-state index contributed by atoms with van der Waals surface area (Å²) in [6, 6.07) is 15.3. The number of anilines is 3. The molecular weight excluding hydrogens is 717 g/mol. The zero-order chi connectivity index (χ0) is 38.5. The number of aromatic nitrogens is 3. The van der Waals surface area contributed by atoms with Crippen LogP contribution >= 0.6 is 0 Å². The van der Waals surface area contributed by atoms with Crippen LogP contribution in [0.25, 0.3) is 0 Å². The van der Waals surface area contributed by atoms with Crippen LogP contribution < -0.4 is 14.7 Å². The summed E-state index contributed by atoms with van der Waals surface area (Å²) in [6.45, 7) is 3.62. The van der Waals surface area contributed by atoms with E-state index in [1.165, 1.54) is 12.0 Å². The number of hydrogen-bond donors (Lipinski definition) is 0. The van der Waals surface area contributed by atoms with E-state index in [4.69, 9.17) is 14.2 Å². The fraction of sp³-hybridized carbons (Fsp3) is 0.425. The van der Waals surface area contributed by atoms with Crippen molar-refractivity contribution in [1.29, 1.82) is 0 Å². The molecule has 0 bridgehead atoms. The fourth-order valence-corrected chi connectivity index (χ4v) is 8.05. The molecule has 288 valence electrons. The maximum atomic E-state index is 14.6. The molecule has 0 N–H and O–H groups in total. The number of aldehydes is 1. The lowest BCUT2D eigenvalue weighted by atomic mass is 9.75. The third-order valence-corrected chi connectivity index (χ3v) is 11.5. The minimum atomic E-state index is -4.64. The molecule has 0 aliphatic carbocycles. The molecule has 3 aromatic carbocycles. The number of fused-ring (bicyclic) bond motifs is 1. The van der Waals surface area contributed by atoms with Gasteiger partial charge in [-0.05, 0) is 72.4 Å². The summed E-state index contributed by atoms with van der Waals surface area (Å²) in [5.41, 5.74) is 2.05. The summed E-state index contributed by atoms with van der Waals surface area (Å²) < 4.78 is 62.1. The normalized spacial score (nSPS) is 18.6. The summed E-state index contributed by atoms with van der Waals surface area (Å²) in [6.07, 6.45) is -0.191. The van der Waals surface area contributed by atoms with E-state index in [1.807, 2.05) is 40.8 Å². The number of ether oxygens (including phenoxy) is 3. The number of alkyl halides is 3. The van der Waals surface area contributed by atoms with Crippen LogP contribution in [0.3, 0.4) is 0 Å². The number of halogens is 3. The Balaban J connectivity index is 0.898. The van der Waals surface area contributed by atoms with Gasteiger partial charge in [-0.2, -0.15) is 13.2 Å². The Morgan fingerprint density at radius 1 is 1.02 bits per heavy atom. The average molecular weight is 759 g/mol. The van der Waals surface area contributed by atoms with E-state index in [1.54, 1.807) is 30.6 Å². The first-order valence-electron chi connectivity index (χ1n) is 18.3. The zero-order valence-corrected chi connectivity index (χ0v) is 30.6. The smallest absolute Gasteiger partial charge is 0.416 e. The molecule has 0 spiro atoms. The number of carbonyl (C=O) groups excluding carboxylic acids is 3. The zero-order valence-electron chi connectivity index (χ0n) is 30.6. The maximum absolute atomic E-state index is 14.6. The molecule has 0 saturated carbocycles. The molecule has 0 radical (unpaired) electrons. The van der Waals surface area contributed by atoms with E-state index < -0.39 is 23.6 Å². The third kappa shape index (κ3) is 6.95. The van der Waals surface area contributed by atoms with E-state index in [-0.39, 0.29) is 40.3 Å². The monoisotopic (exact) mass is 758 g/mol. The molecule has 55 heavy (non-hydrogen) atoms. The van der Waals surface area contributed by atoms with Gasteiger partial charge in [0.05, 0.1) is 50.7 Å². The summed E-state index contributed by atoms with van der Waals surface area (Å²) in [7, 11) is 3.15. The predicted octanol–water partition coefficient (Wildman–Crippen LogP) is 5.23. The number of hydrogen-bond acceptors (Lipinski definition) is 10. The summed E-state index contributed by atoms with van der Waals surface area (Å²) in [4.78, 5) is 42.9. The highest BCUT2D eigenvalue weighted by Crippen LogP contribution is 2.43. The molecule has 0 atom stereocenters. The molecule has 8 rings (SSSR count). The second-order valence-electron chi connectivity index (χ2n) is 14.9. The number of piperidine rings is 1. The first-order valence-corrected chi connectivity index (χ1v) is 18.3. The highest BCUT2D eigenvalue weighted by atomic mass is 19.4. The summed E-state index contributed by atoms with van der Waals surface area (Å²) in [5.74, 6) is 0.0757. The van der Waals surface area contributed by atoms with Gasteiger partial charge < -0.3 is 33.5 Å². The highest BCUT2D eigenvalue weighted by Gasteiger charge is 2.44. The van der Waals surface area contributed by atoms with Crippen molar-refractivity contribution in [2.75, 3.05) is 67.8 Å². The largest absolute Gasteiger partial charge is 0.465 e. The van der Waals surface area contributed by atoms with Crippen molar-refractivity contribution in [3.63, 3.8) is 0 Å². The molecule has 12 nitrogen and oxygen atoms in total. The van der Waals surface area contributed by atoms with Crippen molar-refractivity contribution in [3.8, 4) is 0 Å². The molecule has 1 aromatic heterocycles. The summed E-state index contributed by atoms with van der Waals surface area (Å²) in [5, 5.41) is 8.21. The van der Waals surface area contributed by atoms with Crippen molar-refractivity contribution in [2.45, 2.75) is 43.5 Å². The van der Waals surface area contributed by atoms with Crippen molar-refractivity contribution < 1.29 is 41.8 Å². The van der Waals surface area contributed by atoms with Crippen LogP contribution in [-0.2, 0) is 45.8 Å². The Morgan fingerprint density at radius 3 is 2.45 bits per heavy atom. The van der Waals surface area contributed by atoms with Crippen molar-refractivity contribution in [1.82, 2.24) is 14.8 Å². The molecular formula is C40H41F3N6O6. The molecule has 4 aliphatic heterocycles. The van der Waals surface area contributed by atoms with E-state index in [9.17, 15) is 27.6 Å². The Labute approximate surface area is 315 Å². The van der Waals surface area contributed by atoms with E-state index >= 15 is 0 Å². The molecule has 15 heteroatoms. The van der Waals surface area contributed by atoms with Gasteiger partial charge in [0.1, 0.15) is 12.2 Å². The predicted molar refractivity (Wildman–Crippen MR) is 196 cm³/mol. The van der Waals surface area contributed by atoms with Gasteiger partial charge in [0, 0.05) is 73.3 Å². The van der Waals surface area contributed by atoms with E-state index in [2.05, 4.69) is 15.1 Å². The van der Waals surface area contributed by atoms with Gasteiger partial charge in [0.25, 0.3) is 5.91 Å². The lowest BCUT2D eigenvalue weighted by molar-refractivity contribution is -0.138. The number of amides is 1. The maximum Gasteiger partial charge on any atom is 0.416 e. The number of rotatable bonds is 11. The second-order valence-corrected chi connectivity index (χ2v) is 14.9. The SMILES string of the molecule is COC(=O)c1ccc(N2CCC(COC3CN(c4cc5c(c(C(F)(F)F)c4)CN(c4cccc(C6(Cc7nncn7C)COC6)c4)C5=O)C3)CC2)cc1C=O.